The number of carbonyl (C=O) groups is 1. The number of nitrogens with zero attached hydrogens (tertiary/aromatic N) is 5. The third-order valence-corrected chi connectivity index (χ3v) is 5.58. The van der Waals surface area contributed by atoms with E-state index in [9.17, 15) is 4.79 Å². The van der Waals surface area contributed by atoms with Gasteiger partial charge in [0, 0.05) is 56.2 Å². The number of nitrogens with one attached hydrogen (secondary N) is 1. The molecule has 1 aromatic heterocycles. The summed E-state index contributed by atoms with van der Waals surface area (Å²) in [6.45, 7) is 3.68. The monoisotopic (exact) mass is 398 g/mol. The molecule has 150 valence electrons. The summed E-state index contributed by atoms with van der Waals surface area (Å²) in [4.78, 5) is 29.9. The lowest BCUT2D eigenvalue weighted by Crippen LogP contribution is -2.46. The van der Waals surface area contributed by atoms with Gasteiger partial charge in [-0.25, -0.2) is 4.98 Å². The highest BCUT2D eigenvalue weighted by Crippen LogP contribution is 2.31. The van der Waals surface area contributed by atoms with Gasteiger partial charge in [0.15, 0.2) is 0 Å². The molecule has 1 amide bonds. The molecule has 5 rings (SSSR count). The topological polar surface area (TPSA) is 73.7 Å². The Bertz CT molecular complexity index is 1060. The first-order valence-corrected chi connectivity index (χ1v) is 10.1. The Hall–Kier alpha value is -3.74. The number of hydrogen-bond donors (Lipinski definition) is 1. The summed E-state index contributed by atoms with van der Waals surface area (Å²) < 4.78 is 0. The average molecular weight is 398 g/mol. The van der Waals surface area contributed by atoms with Crippen LogP contribution in [0.2, 0.25) is 0 Å². The van der Waals surface area contributed by atoms with E-state index in [1.165, 1.54) is 5.69 Å². The zero-order valence-corrected chi connectivity index (χ0v) is 16.5. The van der Waals surface area contributed by atoms with Crippen LogP contribution in [0.5, 0.6) is 0 Å². The molecule has 2 aromatic carbocycles. The molecule has 0 bridgehead atoms. The van der Waals surface area contributed by atoms with Crippen LogP contribution < -0.4 is 15.1 Å². The first-order chi connectivity index (χ1) is 14.8. The van der Waals surface area contributed by atoms with Gasteiger partial charge in [-0.15, -0.1) is 0 Å². The van der Waals surface area contributed by atoms with E-state index < -0.39 is 0 Å². The molecule has 2 aliphatic heterocycles. The lowest BCUT2D eigenvalue weighted by Gasteiger charge is -2.36. The number of rotatable bonds is 4. The van der Waals surface area contributed by atoms with Gasteiger partial charge in [0.25, 0.3) is 0 Å². The van der Waals surface area contributed by atoms with Gasteiger partial charge in [0.2, 0.25) is 5.91 Å². The van der Waals surface area contributed by atoms with Crippen molar-refractivity contribution in [3.8, 4) is 0 Å². The Morgan fingerprint density at radius 2 is 1.73 bits per heavy atom. The third-order valence-electron chi connectivity index (χ3n) is 5.58. The molecule has 0 radical (unpaired) electrons. The van der Waals surface area contributed by atoms with Gasteiger partial charge in [-0.05, 0) is 35.9 Å². The molecule has 1 atom stereocenters. The van der Waals surface area contributed by atoms with Crippen molar-refractivity contribution >= 4 is 35.0 Å². The Kier molecular flexibility index (Phi) is 4.85. The second-order valence-electron chi connectivity index (χ2n) is 7.39. The summed E-state index contributed by atoms with van der Waals surface area (Å²) in [5, 5.41) is 2.90. The minimum atomic E-state index is -0.338. The van der Waals surface area contributed by atoms with E-state index in [0.717, 1.165) is 48.9 Å². The SMILES string of the molecule is O=C1Nc2ccccc2C1C=Nc1ccc(N2CCN(c3cnccn3)CC2)cc1. The highest BCUT2D eigenvalue weighted by molar-refractivity contribution is 6.12. The van der Waals surface area contributed by atoms with E-state index in [4.69, 9.17) is 0 Å². The van der Waals surface area contributed by atoms with Crippen LogP contribution >= 0.6 is 0 Å². The third kappa shape index (κ3) is 3.61. The van der Waals surface area contributed by atoms with Crippen LogP contribution in [0, 0.1) is 0 Å². The highest BCUT2D eigenvalue weighted by atomic mass is 16.2. The van der Waals surface area contributed by atoms with E-state index in [-0.39, 0.29) is 11.8 Å². The van der Waals surface area contributed by atoms with Crippen molar-refractivity contribution in [2.24, 2.45) is 4.99 Å². The fourth-order valence-electron chi connectivity index (χ4n) is 3.94. The maximum Gasteiger partial charge on any atom is 0.237 e. The Labute approximate surface area is 175 Å². The van der Waals surface area contributed by atoms with Gasteiger partial charge < -0.3 is 15.1 Å². The molecule has 1 saturated heterocycles. The van der Waals surface area contributed by atoms with Gasteiger partial charge in [-0.3, -0.25) is 14.8 Å². The van der Waals surface area contributed by atoms with Gasteiger partial charge >= 0.3 is 0 Å². The molecule has 3 heterocycles. The molecule has 30 heavy (non-hydrogen) atoms. The summed E-state index contributed by atoms with van der Waals surface area (Å²) in [5.74, 6) is 0.562. The number of benzene rings is 2. The van der Waals surface area contributed by atoms with Gasteiger partial charge in [0.05, 0.1) is 11.9 Å². The van der Waals surface area contributed by atoms with Crippen LogP contribution in [0.3, 0.4) is 0 Å². The number of carbonyl (C=O) groups excluding carboxylic acids is 1. The van der Waals surface area contributed by atoms with Crippen molar-refractivity contribution in [3.05, 3.63) is 72.7 Å². The molecule has 0 spiro atoms. The predicted molar refractivity (Wildman–Crippen MR) is 119 cm³/mol. The quantitative estimate of drug-likeness (QED) is 0.683. The summed E-state index contributed by atoms with van der Waals surface area (Å²) in [7, 11) is 0. The summed E-state index contributed by atoms with van der Waals surface area (Å²) >= 11 is 0. The van der Waals surface area contributed by atoms with Gasteiger partial charge in [0.1, 0.15) is 11.7 Å². The van der Waals surface area contributed by atoms with Crippen molar-refractivity contribution in [3.63, 3.8) is 0 Å². The molecule has 0 saturated carbocycles. The molecule has 7 nitrogen and oxygen atoms in total. The minimum absolute atomic E-state index is 0.0300. The normalized spacial score (nSPS) is 18.5. The fourth-order valence-corrected chi connectivity index (χ4v) is 3.94. The average Bonchev–Trinajstić information content (AvgIpc) is 3.13. The summed E-state index contributed by atoms with van der Waals surface area (Å²) in [5.41, 5.74) is 3.87. The van der Waals surface area contributed by atoms with E-state index in [2.05, 4.69) is 42.2 Å². The highest BCUT2D eigenvalue weighted by Gasteiger charge is 2.28. The van der Waals surface area contributed by atoms with Crippen LogP contribution in [0.25, 0.3) is 0 Å². The van der Waals surface area contributed by atoms with Crippen molar-refractivity contribution in [2.45, 2.75) is 5.92 Å². The van der Waals surface area contributed by atoms with Crippen molar-refractivity contribution < 1.29 is 4.79 Å². The fraction of sp³-hybridized carbons (Fsp3) is 0.217. The Morgan fingerprint density at radius 1 is 0.967 bits per heavy atom. The molecule has 1 N–H and O–H groups in total. The smallest absolute Gasteiger partial charge is 0.237 e. The van der Waals surface area contributed by atoms with Crippen molar-refractivity contribution in [1.29, 1.82) is 0 Å². The van der Waals surface area contributed by atoms with Crippen molar-refractivity contribution in [2.75, 3.05) is 41.3 Å². The maximum atomic E-state index is 12.2. The first-order valence-electron chi connectivity index (χ1n) is 10.1. The number of anilines is 3. The first kappa shape index (κ1) is 18.3. The molecular weight excluding hydrogens is 376 g/mol. The van der Waals surface area contributed by atoms with Crippen LogP contribution in [-0.2, 0) is 4.79 Å². The summed E-state index contributed by atoms with van der Waals surface area (Å²) in [6, 6.07) is 15.9. The predicted octanol–water partition coefficient (Wildman–Crippen LogP) is 3.24. The standard InChI is InChI=1S/C23H22N6O/c30-23-20(19-3-1-2-4-21(19)27-23)15-26-17-5-7-18(8-6-17)28-11-13-29(14-12-28)22-16-24-9-10-25-22/h1-10,15-16,20H,11-14H2,(H,27,30). The Morgan fingerprint density at radius 3 is 2.50 bits per heavy atom. The minimum Gasteiger partial charge on any atom is -0.368 e. The maximum absolute atomic E-state index is 12.2. The molecule has 0 aliphatic carbocycles. The zero-order chi connectivity index (χ0) is 20.3. The largest absolute Gasteiger partial charge is 0.368 e. The number of amides is 1. The van der Waals surface area contributed by atoms with Crippen LogP contribution in [-0.4, -0.2) is 48.3 Å². The lowest BCUT2D eigenvalue weighted by molar-refractivity contribution is -0.115. The molecule has 7 heteroatoms. The van der Waals surface area contributed by atoms with Crippen LogP contribution in [0.1, 0.15) is 11.5 Å². The van der Waals surface area contributed by atoms with E-state index in [0.29, 0.717) is 0 Å². The van der Waals surface area contributed by atoms with Gasteiger partial charge in [-0.1, -0.05) is 18.2 Å². The van der Waals surface area contributed by atoms with Crippen LogP contribution in [0.4, 0.5) is 22.9 Å². The van der Waals surface area contributed by atoms with E-state index in [1.807, 2.05) is 42.6 Å². The molecular formula is C23H22N6O. The molecule has 1 fully saturated rings. The zero-order valence-electron chi connectivity index (χ0n) is 16.5. The number of aliphatic imine (C=N–C) groups is 1. The van der Waals surface area contributed by atoms with E-state index >= 15 is 0 Å². The van der Waals surface area contributed by atoms with Crippen LogP contribution in [0.15, 0.2) is 72.1 Å². The van der Waals surface area contributed by atoms with E-state index in [1.54, 1.807) is 18.6 Å². The van der Waals surface area contributed by atoms with Gasteiger partial charge in [-0.2, -0.15) is 0 Å². The molecule has 3 aromatic rings. The second-order valence-corrected chi connectivity index (χ2v) is 7.39. The number of hydrogen-bond acceptors (Lipinski definition) is 6. The Balaban J connectivity index is 1.22. The number of aromatic nitrogens is 2. The number of fused-ring (bicyclic) bond motifs is 1. The number of piperazine rings is 1. The van der Waals surface area contributed by atoms with Crippen molar-refractivity contribution in [1.82, 2.24) is 9.97 Å². The lowest BCUT2D eigenvalue weighted by atomic mass is 10.0. The summed E-state index contributed by atoms with van der Waals surface area (Å²) in [6.07, 6.45) is 6.97. The molecule has 2 aliphatic rings. The number of para-hydroxylation sites is 1. The second kappa shape index (κ2) is 7.94. The molecule has 1 unspecified atom stereocenters.